The second-order valence-corrected chi connectivity index (χ2v) is 8.37. The molecule has 1 nitrogen and oxygen atoms in total. The van der Waals surface area contributed by atoms with Gasteiger partial charge in [0.05, 0.1) is 3.79 Å². The summed E-state index contributed by atoms with van der Waals surface area (Å²) >= 11 is 5.53. The molecule has 0 bridgehead atoms. The average molecular weight is 364 g/mol. The van der Waals surface area contributed by atoms with Gasteiger partial charge in [0.25, 0.3) is 0 Å². The SMILES string of the molecule is CNC(CC1CCCc2ccccc21)c1cc(C)c(Br)s1. The van der Waals surface area contributed by atoms with Crippen LogP contribution in [0.4, 0.5) is 0 Å². The highest BCUT2D eigenvalue weighted by atomic mass is 79.9. The Kier molecular flexibility index (Phi) is 4.82. The van der Waals surface area contributed by atoms with Crippen molar-refractivity contribution in [3.63, 3.8) is 0 Å². The fourth-order valence-corrected chi connectivity index (χ4v) is 5.11. The second kappa shape index (κ2) is 6.64. The molecule has 1 aromatic carbocycles. The highest BCUT2D eigenvalue weighted by Gasteiger charge is 2.24. The van der Waals surface area contributed by atoms with Crippen LogP contribution in [-0.2, 0) is 6.42 Å². The lowest BCUT2D eigenvalue weighted by Crippen LogP contribution is -2.20. The van der Waals surface area contributed by atoms with Crippen molar-refractivity contribution in [3.8, 4) is 0 Å². The van der Waals surface area contributed by atoms with Crippen molar-refractivity contribution in [2.75, 3.05) is 7.05 Å². The first-order valence-electron chi connectivity index (χ1n) is 7.70. The van der Waals surface area contributed by atoms with Crippen LogP contribution in [0.2, 0.25) is 0 Å². The van der Waals surface area contributed by atoms with Gasteiger partial charge in [0.2, 0.25) is 0 Å². The first-order chi connectivity index (χ1) is 10.2. The summed E-state index contributed by atoms with van der Waals surface area (Å²) in [4.78, 5) is 1.45. The summed E-state index contributed by atoms with van der Waals surface area (Å²) < 4.78 is 1.27. The standard InChI is InChI=1S/C18H22BrNS/c1-12-10-17(21-18(12)19)16(20-2)11-14-8-5-7-13-6-3-4-9-15(13)14/h3-4,6,9-10,14,16,20H,5,7-8,11H2,1-2H3. The molecule has 0 spiro atoms. The zero-order valence-electron chi connectivity index (χ0n) is 12.7. The third-order valence-electron chi connectivity index (χ3n) is 4.58. The van der Waals surface area contributed by atoms with Gasteiger partial charge in [-0.2, -0.15) is 0 Å². The van der Waals surface area contributed by atoms with Crippen LogP contribution in [0.1, 0.15) is 52.8 Å². The molecule has 0 saturated carbocycles. The lowest BCUT2D eigenvalue weighted by molar-refractivity contribution is 0.444. The van der Waals surface area contributed by atoms with Crippen LogP contribution in [0, 0.1) is 6.92 Å². The predicted molar refractivity (Wildman–Crippen MR) is 95.3 cm³/mol. The maximum absolute atomic E-state index is 3.66. The van der Waals surface area contributed by atoms with Crippen LogP contribution in [-0.4, -0.2) is 7.05 Å². The summed E-state index contributed by atoms with van der Waals surface area (Å²) in [5.41, 5.74) is 4.49. The van der Waals surface area contributed by atoms with E-state index >= 15 is 0 Å². The smallest absolute Gasteiger partial charge is 0.0731 e. The summed E-state index contributed by atoms with van der Waals surface area (Å²) in [5, 5.41) is 3.53. The number of thiophene rings is 1. The molecule has 0 amide bonds. The highest BCUT2D eigenvalue weighted by molar-refractivity contribution is 9.11. The minimum Gasteiger partial charge on any atom is -0.312 e. The van der Waals surface area contributed by atoms with Crippen molar-refractivity contribution >= 4 is 27.3 Å². The number of fused-ring (bicyclic) bond motifs is 1. The molecule has 2 atom stereocenters. The van der Waals surface area contributed by atoms with Crippen LogP contribution < -0.4 is 5.32 Å². The van der Waals surface area contributed by atoms with E-state index in [9.17, 15) is 0 Å². The molecule has 112 valence electrons. The summed E-state index contributed by atoms with van der Waals surface area (Å²) in [6, 6.07) is 11.8. The van der Waals surface area contributed by atoms with Crippen molar-refractivity contribution in [1.82, 2.24) is 5.32 Å². The third kappa shape index (κ3) is 3.25. The van der Waals surface area contributed by atoms with Gasteiger partial charge in [0.1, 0.15) is 0 Å². The van der Waals surface area contributed by atoms with Gasteiger partial charge in [-0.15, -0.1) is 11.3 Å². The molecule has 0 radical (unpaired) electrons. The molecule has 1 aliphatic rings. The molecule has 3 heteroatoms. The van der Waals surface area contributed by atoms with Crippen molar-refractivity contribution in [2.24, 2.45) is 0 Å². The molecule has 21 heavy (non-hydrogen) atoms. The van der Waals surface area contributed by atoms with Gasteiger partial charge in [-0.3, -0.25) is 0 Å². The van der Waals surface area contributed by atoms with Crippen LogP contribution in [0.15, 0.2) is 34.1 Å². The van der Waals surface area contributed by atoms with Crippen LogP contribution in [0.25, 0.3) is 0 Å². The van der Waals surface area contributed by atoms with Crippen LogP contribution in [0.5, 0.6) is 0 Å². The maximum atomic E-state index is 3.66. The summed E-state index contributed by atoms with van der Waals surface area (Å²) in [6.45, 7) is 2.17. The summed E-state index contributed by atoms with van der Waals surface area (Å²) in [5.74, 6) is 0.689. The van der Waals surface area contributed by atoms with Gasteiger partial charge in [-0.25, -0.2) is 0 Å². The number of hydrogen-bond donors (Lipinski definition) is 1. The normalized spacial score (nSPS) is 19.3. The molecule has 0 aliphatic heterocycles. The van der Waals surface area contributed by atoms with Gasteiger partial charge in [-0.1, -0.05) is 24.3 Å². The van der Waals surface area contributed by atoms with Crippen molar-refractivity contribution in [3.05, 3.63) is 55.7 Å². The Balaban J connectivity index is 1.82. The van der Waals surface area contributed by atoms with E-state index in [-0.39, 0.29) is 0 Å². The van der Waals surface area contributed by atoms with Crippen molar-refractivity contribution in [2.45, 2.75) is 44.6 Å². The van der Waals surface area contributed by atoms with E-state index in [1.54, 1.807) is 11.1 Å². The fraction of sp³-hybridized carbons (Fsp3) is 0.444. The molecule has 0 fully saturated rings. The first kappa shape index (κ1) is 15.3. The Labute approximate surface area is 139 Å². The third-order valence-corrected chi connectivity index (χ3v) is 6.83. The zero-order chi connectivity index (χ0) is 14.8. The molecule has 1 N–H and O–H groups in total. The Morgan fingerprint density at radius 2 is 2.19 bits per heavy atom. The number of aryl methyl sites for hydroxylation is 2. The number of rotatable bonds is 4. The number of hydrogen-bond acceptors (Lipinski definition) is 2. The van der Waals surface area contributed by atoms with Gasteiger partial charge >= 0.3 is 0 Å². The highest BCUT2D eigenvalue weighted by Crippen LogP contribution is 2.40. The van der Waals surface area contributed by atoms with E-state index in [2.05, 4.69) is 65.5 Å². The lowest BCUT2D eigenvalue weighted by Gasteiger charge is -2.28. The van der Waals surface area contributed by atoms with E-state index in [1.807, 2.05) is 11.3 Å². The maximum Gasteiger partial charge on any atom is 0.0731 e. The van der Waals surface area contributed by atoms with E-state index < -0.39 is 0 Å². The molecular formula is C18H22BrNS. The number of halogens is 1. The summed E-state index contributed by atoms with van der Waals surface area (Å²) in [6.07, 6.45) is 5.09. The Hall–Kier alpha value is -0.640. The lowest BCUT2D eigenvalue weighted by atomic mass is 9.79. The Morgan fingerprint density at radius 1 is 1.38 bits per heavy atom. The molecule has 1 aliphatic carbocycles. The number of benzene rings is 1. The molecular weight excluding hydrogens is 342 g/mol. The van der Waals surface area contributed by atoms with E-state index in [0.717, 1.165) is 0 Å². The predicted octanol–water partition coefficient (Wildman–Crippen LogP) is 5.59. The first-order valence-corrected chi connectivity index (χ1v) is 9.31. The molecule has 1 heterocycles. The molecule has 2 unspecified atom stereocenters. The van der Waals surface area contributed by atoms with E-state index in [1.165, 1.54) is 39.9 Å². The Bertz CT molecular complexity index is 600. The van der Waals surface area contributed by atoms with Crippen molar-refractivity contribution < 1.29 is 0 Å². The topological polar surface area (TPSA) is 12.0 Å². The monoisotopic (exact) mass is 363 g/mol. The van der Waals surface area contributed by atoms with Crippen LogP contribution in [0.3, 0.4) is 0 Å². The van der Waals surface area contributed by atoms with Gasteiger partial charge in [0.15, 0.2) is 0 Å². The molecule has 1 aromatic heterocycles. The number of nitrogens with one attached hydrogen (secondary N) is 1. The van der Waals surface area contributed by atoms with Gasteiger partial charge in [0, 0.05) is 10.9 Å². The molecule has 2 aromatic rings. The second-order valence-electron chi connectivity index (χ2n) is 5.97. The van der Waals surface area contributed by atoms with Gasteiger partial charge in [-0.05, 0) is 84.3 Å². The van der Waals surface area contributed by atoms with E-state index in [0.29, 0.717) is 12.0 Å². The fourth-order valence-electron chi connectivity index (χ4n) is 3.42. The zero-order valence-corrected chi connectivity index (χ0v) is 15.1. The quantitative estimate of drug-likeness (QED) is 0.746. The largest absolute Gasteiger partial charge is 0.312 e. The molecule has 0 saturated heterocycles. The van der Waals surface area contributed by atoms with Crippen LogP contribution >= 0.6 is 27.3 Å². The van der Waals surface area contributed by atoms with Crippen molar-refractivity contribution in [1.29, 1.82) is 0 Å². The summed E-state index contributed by atoms with van der Waals surface area (Å²) in [7, 11) is 2.09. The minimum absolute atomic E-state index is 0.455. The van der Waals surface area contributed by atoms with Gasteiger partial charge < -0.3 is 5.32 Å². The Morgan fingerprint density at radius 3 is 2.90 bits per heavy atom. The minimum atomic E-state index is 0.455. The molecule has 3 rings (SSSR count). The van der Waals surface area contributed by atoms with E-state index in [4.69, 9.17) is 0 Å². The average Bonchev–Trinajstić information content (AvgIpc) is 2.84.